The maximum absolute atomic E-state index is 14.9. The Hall–Kier alpha value is -3.45. The minimum Gasteiger partial charge on any atom is -0.356 e. The average Bonchev–Trinajstić information content (AvgIpc) is 3.46. The summed E-state index contributed by atoms with van der Waals surface area (Å²) < 4.78 is 16.8. The lowest BCUT2D eigenvalue weighted by Gasteiger charge is -2.36. The highest BCUT2D eigenvalue weighted by molar-refractivity contribution is 7.15. The number of imidazole rings is 1. The van der Waals surface area contributed by atoms with Crippen LogP contribution in [0.3, 0.4) is 0 Å². The third kappa shape index (κ3) is 2.96. The van der Waals surface area contributed by atoms with Gasteiger partial charge in [-0.3, -0.25) is 9.20 Å². The van der Waals surface area contributed by atoms with Crippen molar-refractivity contribution >= 4 is 33.1 Å². The van der Waals surface area contributed by atoms with Gasteiger partial charge in [0.1, 0.15) is 11.9 Å². The molecule has 6 rings (SSSR count). The zero-order valence-corrected chi connectivity index (χ0v) is 17.4. The van der Waals surface area contributed by atoms with Gasteiger partial charge >= 0.3 is 0 Å². The molecule has 1 N–H and O–H groups in total. The van der Waals surface area contributed by atoms with E-state index >= 15 is 0 Å². The number of carbonyl (C=O) groups is 1. The molecule has 1 amide bonds. The standard InChI is InChI=1S/C24H19FN4OS/c25-19-7-3-1-6-18(19)23-22-17(16-5-2-4-8-20(16)27-22)9-10-29(23)21(30)13-15-14-28-11-12-31-24(28)26-15/h1-8,11-12,14,23,27H,9-10,13H2/t23-/m1/s1. The molecule has 1 aliphatic rings. The van der Waals surface area contributed by atoms with Crippen molar-refractivity contribution in [2.45, 2.75) is 18.9 Å². The number of hydrogen-bond donors (Lipinski definition) is 1. The molecule has 0 saturated carbocycles. The van der Waals surface area contributed by atoms with Crippen LogP contribution in [0, 0.1) is 5.82 Å². The number of aromatic nitrogens is 3. The Kier molecular flexibility index (Phi) is 4.17. The predicted octanol–water partition coefficient (Wildman–Crippen LogP) is 4.73. The van der Waals surface area contributed by atoms with Gasteiger partial charge in [0.05, 0.1) is 12.1 Å². The first-order valence-corrected chi connectivity index (χ1v) is 11.1. The molecule has 31 heavy (non-hydrogen) atoms. The number of rotatable bonds is 3. The minimum absolute atomic E-state index is 0.0525. The van der Waals surface area contributed by atoms with Gasteiger partial charge in [-0.2, -0.15) is 0 Å². The number of hydrogen-bond acceptors (Lipinski definition) is 3. The molecule has 5 nitrogen and oxygen atoms in total. The molecule has 0 aliphatic carbocycles. The van der Waals surface area contributed by atoms with Crippen LogP contribution < -0.4 is 0 Å². The Morgan fingerprint density at radius 3 is 2.90 bits per heavy atom. The summed E-state index contributed by atoms with van der Waals surface area (Å²) in [5, 5.41) is 3.10. The topological polar surface area (TPSA) is 53.4 Å². The summed E-state index contributed by atoms with van der Waals surface area (Å²) in [6.45, 7) is 0.537. The van der Waals surface area contributed by atoms with Crippen molar-refractivity contribution in [3.63, 3.8) is 0 Å². The first-order chi connectivity index (χ1) is 15.2. The van der Waals surface area contributed by atoms with E-state index < -0.39 is 6.04 Å². The van der Waals surface area contributed by atoms with E-state index in [9.17, 15) is 9.18 Å². The molecule has 7 heteroatoms. The van der Waals surface area contributed by atoms with Crippen LogP contribution in [0.15, 0.2) is 66.3 Å². The Morgan fingerprint density at radius 1 is 1.19 bits per heavy atom. The van der Waals surface area contributed by atoms with Crippen molar-refractivity contribution in [2.24, 2.45) is 0 Å². The first-order valence-electron chi connectivity index (χ1n) is 10.2. The molecule has 154 valence electrons. The molecular formula is C24H19FN4OS. The molecule has 0 bridgehead atoms. The van der Waals surface area contributed by atoms with Gasteiger partial charge in [-0.25, -0.2) is 9.37 Å². The second-order valence-corrected chi connectivity index (χ2v) is 8.70. The zero-order valence-electron chi connectivity index (χ0n) is 16.6. The van der Waals surface area contributed by atoms with E-state index in [1.807, 2.05) is 46.4 Å². The normalized spacial score (nSPS) is 16.2. The smallest absolute Gasteiger partial charge is 0.229 e. The highest BCUT2D eigenvalue weighted by atomic mass is 32.1. The number of fused-ring (bicyclic) bond motifs is 4. The van der Waals surface area contributed by atoms with Gasteiger partial charge in [0.15, 0.2) is 4.96 Å². The Balaban J connectivity index is 1.43. The van der Waals surface area contributed by atoms with Crippen molar-refractivity contribution in [1.29, 1.82) is 0 Å². The monoisotopic (exact) mass is 430 g/mol. The summed E-state index contributed by atoms with van der Waals surface area (Å²) in [5.41, 5.74) is 4.31. The molecule has 0 saturated heterocycles. The number of benzene rings is 2. The van der Waals surface area contributed by atoms with Crippen molar-refractivity contribution < 1.29 is 9.18 Å². The molecule has 0 spiro atoms. The number of H-pyrrole nitrogens is 1. The molecule has 4 heterocycles. The number of amides is 1. The summed E-state index contributed by atoms with van der Waals surface area (Å²) in [4.78, 5) is 24.1. The van der Waals surface area contributed by atoms with Crippen LogP contribution in [0.1, 0.15) is 28.6 Å². The van der Waals surface area contributed by atoms with E-state index in [0.29, 0.717) is 12.1 Å². The lowest BCUT2D eigenvalue weighted by molar-refractivity contribution is -0.132. The predicted molar refractivity (Wildman–Crippen MR) is 119 cm³/mol. The van der Waals surface area contributed by atoms with Crippen LogP contribution in [0.4, 0.5) is 4.39 Å². The first kappa shape index (κ1) is 18.3. The third-order valence-corrected chi connectivity index (χ3v) is 6.80. The minimum atomic E-state index is -0.492. The van der Waals surface area contributed by atoms with Gasteiger partial charge in [0, 0.05) is 46.5 Å². The maximum atomic E-state index is 14.9. The van der Waals surface area contributed by atoms with E-state index in [-0.39, 0.29) is 18.1 Å². The Morgan fingerprint density at radius 2 is 2.03 bits per heavy atom. The second-order valence-electron chi connectivity index (χ2n) is 7.83. The molecular weight excluding hydrogens is 411 g/mol. The summed E-state index contributed by atoms with van der Waals surface area (Å²) in [6, 6.07) is 14.3. The van der Waals surface area contributed by atoms with Crippen molar-refractivity contribution in [2.75, 3.05) is 6.54 Å². The fraction of sp³-hybridized carbons (Fsp3) is 0.167. The molecule has 0 unspecified atom stereocenters. The molecule has 1 atom stereocenters. The summed E-state index contributed by atoms with van der Waals surface area (Å²) in [7, 11) is 0. The maximum Gasteiger partial charge on any atom is 0.229 e. The van der Waals surface area contributed by atoms with E-state index in [1.165, 1.54) is 17.4 Å². The lowest BCUT2D eigenvalue weighted by atomic mass is 9.91. The molecule has 1 aliphatic heterocycles. The second kappa shape index (κ2) is 7.06. The van der Waals surface area contributed by atoms with Crippen molar-refractivity contribution in [3.8, 4) is 0 Å². The van der Waals surface area contributed by atoms with E-state index in [1.54, 1.807) is 17.0 Å². The van der Waals surface area contributed by atoms with Gasteiger partial charge in [-0.15, -0.1) is 11.3 Å². The van der Waals surface area contributed by atoms with Crippen molar-refractivity contribution in [1.82, 2.24) is 19.3 Å². The zero-order chi connectivity index (χ0) is 20.9. The molecule has 5 aromatic rings. The fourth-order valence-electron chi connectivity index (χ4n) is 4.65. The Labute approximate surface area is 181 Å². The largest absolute Gasteiger partial charge is 0.356 e. The third-order valence-electron chi connectivity index (χ3n) is 6.03. The molecule has 2 aromatic carbocycles. The number of carbonyl (C=O) groups excluding carboxylic acids is 1. The number of thiazole rings is 1. The fourth-order valence-corrected chi connectivity index (χ4v) is 5.37. The quantitative estimate of drug-likeness (QED) is 0.450. The molecule has 3 aromatic heterocycles. The highest BCUT2D eigenvalue weighted by Crippen LogP contribution is 2.39. The average molecular weight is 431 g/mol. The molecule has 0 radical (unpaired) electrons. The van der Waals surface area contributed by atoms with Gasteiger partial charge in [0.2, 0.25) is 5.91 Å². The summed E-state index contributed by atoms with van der Waals surface area (Å²) in [5.74, 6) is -0.359. The number of nitrogens with zero attached hydrogens (tertiary/aromatic N) is 3. The van der Waals surface area contributed by atoms with Crippen LogP contribution in [-0.4, -0.2) is 31.7 Å². The van der Waals surface area contributed by atoms with E-state index in [2.05, 4.69) is 16.0 Å². The van der Waals surface area contributed by atoms with Gasteiger partial charge in [-0.05, 0) is 24.1 Å². The highest BCUT2D eigenvalue weighted by Gasteiger charge is 2.35. The number of nitrogens with one attached hydrogen (secondary N) is 1. The number of aromatic amines is 1. The van der Waals surface area contributed by atoms with E-state index in [0.717, 1.165) is 39.2 Å². The SMILES string of the molecule is O=C(Cc1cn2ccsc2n1)N1CCc2c([nH]c3ccccc23)[C@H]1c1ccccc1F. The van der Waals surface area contributed by atoms with Crippen LogP contribution >= 0.6 is 11.3 Å². The number of halogens is 1. The van der Waals surface area contributed by atoms with Crippen LogP contribution in [-0.2, 0) is 17.6 Å². The lowest BCUT2D eigenvalue weighted by Crippen LogP contribution is -2.41. The van der Waals surface area contributed by atoms with Crippen LogP contribution in [0.25, 0.3) is 15.9 Å². The van der Waals surface area contributed by atoms with Crippen LogP contribution in [0.5, 0.6) is 0 Å². The van der Waals surface area contributed by atoms with E-state index in [4.69, 9.17) is 0 Å². The van der Waals surface area contributed by atoms with Crippen molar-refractivity contribution in [3.05, 3.63) is 94.6 Å². The number of para-hydroxylation sites is 1. The summed E-state index contributed by atoms with van der Waals surface area (Å²) >= 11 is 1.54. The summed E-state index contributed by atoms with van der Waals surface area (Å²) in [6.07, 6.45) is 4.74. The molecule has 0 fully saturated rings. The van der Waals surface area contributed by atoms with Gasteiger partial charge < -0.3 is 9.88 Å². The van der Waals surface area contributed by atoms with Crippen LogP contribution in [0.2, 0.25) is 0 Å². The van der Waals surface area contributed by atoms with Gasteiger partial charge in [0.25, 0.3) is 0 Å². The Bertz CT molecular complexity index is 1400. The van der Waals surface area contributed by atoms with Gasteiger partial charge in [-0.1, -0.05) is 36.4 Å².